The van der Waals surface area contributed by atoms with Crippen LogP contribution in [0.25, 0.3) is 0 Å². The van der Waals surface area contributed by atoms with Crippen molar-refractivity contribution in [1.29, 1.82) is 0 Å². The Morgan fingerprint density at radius 2 is 1.57 bits per heavy atom. The predicted molar refractivity (Wildman–Crippen MR) is 157 cm³/mol. The molecule has 40 heavy (non-hydrogen) atoms. The fourth-order valence-electron chi connectivity index (χ4n) is 5.38. The zero-order valence-corrected chi connectivity index (χ0v) is 25.3. The summed E-state index contributed by atoms with van der Waals surface area (Å²) >= 11 is 1.34. The van der Waals surface area contributed by atoms with Crippen molar-refractivity contribution in [3.05, 3.63) is 45.8 Å². The summed E-state index contributed by atoms with van der Waals surface area (Å²) in [6.07, 6.45) is 5.96. The molecule has 1 fully saturated rings. The van der Waals surface area contributed by atoms with Crippen LogP contribution in [-0.2, 0) is 27.8 Å². The Balaban J connectivity index is 1.60. The lowest BCUT2D eigenvalue weighted by atomic mass is 10.0. The molecule has 1 aromatic heterocycles. The van der Waals surface area contributed by atoms with Crippen molar-refractivity contribution in [2.75, 3.05) is 38.0 Å². The highest BCUT2D eigenvalue weighted by Crippen LogP contribution is 2.38. The van der Waals surface area contributed by atoms with Crippen molar-refractivity contribution in [2.24, 2.45) is 0 Å². The van der Waals surface area contributed by atoms with Gasteiger partial charge in [-0.1, -0.05) is 26.7 Å². The second-order valence-corrected chi connectivity index (χ2v) is 13.5. The van der Waals surface area contributed by atoms with Gasteiger partial charge in [0.15, 0.2) is 0 Å². The summed E-state index contributed by atoms with van der Waals surface area (Å²) in [7, 11) is -3.62. The third-order valence-corrected chi connectivity index (χ3v) is 10.6. The van der Waals surface area contributed by atoms with Crippen molar-refractivity contribution in [2.45, 2.75) is 77.2 Å². The summed E-state index contributed by atoms with van der Waals surface area (Å²) in [6, 6.07) is 6.01. The molecule has 4 rings (SSSR count). The lowest BCUT2D eigenvalue weighted by molar-refractivity contribution is -0.129. The van der Waals surface area contributed by atoms with E-state index in [-0.39, 0.29) is 16.7 Å². The van der Waals surface area contributed by atoms with Crippen LogP contribution in [0.2, 0.25) is 0 Å². The number of anilines is 1. The molecule has 0 bridgehead atoms. The molecule has 218 valence electrons. The smallest absolute Gasteiger partial charge is 0.257 e. The van der Waals surface area contributed by atoms with Gasteiger partial charge in [-0.05, 0) is 61.9 Å². The Bertz CT molecular complexity index is 1320. The molecule has 11 heteroatoms. The number of nitrogens with zero attached hydrogens (tertiary/aromatic N) is 3. The van der Waals surface area contributed by atoms with E-state index < -0.39 is 15.9 Å². The number of hydrogen-bond donors (Lipinski definition) is 1. The number of hydrogen-bond acceptors (Lipinski definition) is 6. The van der Waals surface area contributed by atoms with Gasteiger partial charge in [0, 0.05) is 50.1 Å². The van der Waals surface area contributed by atoms with Crippen LogP contribution in [0.4, 0.5) is 5.00 Å². The van der Waals surface area contributed by atoms with Crippen LogP contribution in [0, 0.1) is 0 Å². The van der Waals surface area contributed by atoms with Gasteiger partial charge < -0.3 is 15.1 Å². The number of sulfonamides is 1. The molecule has 0 saturated carbocycles. The Kier molecular flexibility index (Phi) is 10.0. The van der Waals surface area contributed by atoms with Gasteiger partial charge in [0.2, 0.25) is 15.9 Å². The molecule has 1 saturated heterocycles. The van der Waals surface area contributed by atoms with E-state index in [9.17, 15) is 22.8 Å². The molecule has 2 aliphatic heterocycles. The molecule has 1 N–H and O–H groups in total. The number of benzene rings is 1. The number of carbonyl (C=O) groups excluding carboxylic acids is 3. The normalized spacial score (nSPS) is 16.2. The first kappa shape index (κ1) is 30.2. The SMILES string of the molecule is CCCN(CCC)C(=O)c1c(NC(=O)c2ccc(S(=O)(=O)N3CCCCCC3)cc2)sc2c1CCN(C(C)=O)C2. The van der Waals surface area contributed by atoms with Crippen LogP contribution < -0.4 is 5.32 Å². The Morgan fingerprint density at radius 1 is 0.950 bits per heavy atom. The highest BCUT2D eigenvalue weighted by Gasteiger charge is 2.32. The van der Waals surface area contributed by atoms with Gasteiger partial charge >= 0.3 is 0 Å². The second-order valence-electron chi connectivity index (χ2n) is 10.5. The minimum atomic E-state index is -3.62. The highest BCUT2D eigenvalue weighted by atomic mass is 32.2. The largest absolute Gasteiger partial charge is 0.339 e. The highest BCUT2D eigenvalue weighted by molar-refractivity contribution is 7.89. The van der Waals surface area contributed by atoms with Gasteiger partial charge in [0.25, 0.3) is 11.8 Å². The van der Waals surface area contributed by atoms with Crippen LogP contribution in [0.5, 0.6) is 0 Å². The second kappa shape index (κ2) is 13.3. The third kappa shape index (κ3) is 6.58. The molecular formula is C29H40N4O5S2. The molecule has 2 aliphatic rings. The van der Waals surface area contributed by atoms with E-state index in [2.05, 4.69) is 5.32 Å². The summed E-state index contributed by atoms with van der Waals surface area (Å²) in [5.41, 5.74) is 1.72. The van der Waals surface area contributed by atoms with Crippen LogP contribution >= 0.6 is 11.3 Å². The van der Waals surface area contributed by atoms with Crippen molar-refractivity contribution >= 4 is 44.1 Å². The minimum Gasteiger partial charge on any atom is -0.339 e. The average molecular weight is 589 g/mol. The van der Waals surface area contributed by atoms with Crippen molar-refractivity contribution < 1.29 is 22.8 Å². The van der Waals surface area contributed by atoms with E-state index in [1.807, 2.05) is 18.7 Å². The number of carbonyl (C=O) groups is 3. The molecule has 0 spiro atoms. The van der Waals surface area contributed by atoms with E-state index in [1.165, 1.54) is 46.8 Å². The minimum absolute atomic E-state index is 0.0219. The molecule has 0 aliphatic carbocycles. The Labute approximate surface area is 241 Å². The molecule has 2 aromatic rings. The van der Waals surface area contributed by atoms with Crippen LogP contribution in [0.3, 0.4) is 0 Å². The predicted octanol–water partition coefficient (Wildman–Crippen LogP) is 4.73. The van der Waals surface area contributed by atoms with Crippen LogP contribution in [0.1, 0.15) is 90.5 Å². The number of nitrogens with one attached hydrogen (secondary N) is 1. The Hall–Kier alpha value is -2.76. The van der Waals surface area contributed by atoms with Gasteiger partial charge in [-0.15, -0.1) is 11.3 Å². The van der Waals surface area contributed by atoms with Gasteiger partial charge in [-0.2, -0.15) is 4.31 Å². The van der Waals surface area contributed by atoms with E-state index >= 15 is 0 Å². The number of rotatable bonds is 9. The fourth-order valence-corrected chi connectivity index (χ4v) is 8.15. The first-order valence-electron chi connectivity index (χ1n) is 14.3. The number of thiophene rings is 1. The van der Waals surface area contributed by atoms with Gasteiger partial charge in [0.05, 0.1) is 17.0 Å². The average Bonchev–Trinajstić information content (AvgIpc) is 3.09. The fraction of sp³-hybridized carbons (Fsp3) is 0.552. The lowest BCUT2D eigenvalue weighted by Crippen LogP contribution is -2.36. The zero-order chi connectivity index (χ0) is 28.9. The van der Waals surface area contributed by atoms with Gasteiger partial charge in [-0.3, -0.25) is 14.4 Å². The lowest BCUT2D eigenvalue weighted by Gasteiger charge is -2.27. The molecule has 9 nitrogen and oxygen atoms in total. The van der Waals surface area contributed by atoms with Crippen molar-refractivity contribution in [3.8, 4) is 0 Å². The van der Waals surface area contributed by atoms with E-state index in [0.29, 0.717) is 61.8 Å². The third-order valence-electron chi connectivity index (χ3n) is 7.54. The molecule has 0 atom stereocenters. The van der Waals surface area contributed by atoms with Gasteiger partial charge in [0.1, 0.15) is 5.00 Å². The van der Waals surface area contributed by atoms with Crippen molar-refractivity contribution in [1.82, 2.24) is 14.1 Å². The summed E-state index contributed by atoms with van der Waals surface area (Å²) in [6.45, 7) is 8.81. The van der Waals surface area contributed by atoms with E-state index in [0.717, 1.165) is 49.0 Å². The summed E-state index contributed by atoms with van der Waals surface area (Å²) in [5, 5.41) is 3.42. The molecule has 3 amide bonds. The number of fused-ring (bicyclic) bond motifs is 1. The molecular weight excluding hydrogens is 548 g/mol. The maximum Gasteiger partial charge on any atom is 0.257 e. The maximum atomic E-state index is 13.8. The maximum absolute atomic E-state index is 13.8. The van der Waals surface area contributed by atoms with E-state index in [4.69, 9.17) is 0 Å². The summed E-state index contributed by atoms with van der Waals surface area (Å²) < 4.78 is 27.8. The summed E-state index contributed by atoms with van der Waals surface area (Å²) in [5.74, 6) is -0.537. The Morgan fingerprint density at radius 3 is 2.15 bits per heavy atom. The number of amides is 3. The topological polar surface area (TPSA) is 107 Å². The zero-order valence-electron chi connectivity index (χ0n) is 23.7. The van der Waals surface area contributed by atoms with Gasteiger partial charge in [-0.25, -0.2) is 8.42 Å². The molecule has 3 heterocycles. The van der Waals surface area contributed by atoms with Crippen LogP contribution in [-0.4, -0.2) is 73.0 Å². The van der Waals surface area contributed by atoms with E-state index in [1.54, 1.807) is 4.90 Å². The summed E-state index contributed by atoms with van der Waals surface area (Å²) in [4.78, 5) is 43.8. The van der Waals surface area contributed by atoms with Crippen molar-refractivity contribution in [3.63, 3.8) is 0 Å². The quantitative estimate of drug-likeness (QED) is 0.456. The molecule has 0 unspecified atom stereocenters. The first-order chi connectivity index (χ1) is 19.2. The van der Waals surface area contributed by atoms with Crippen LogP contribution in [0.15, 0.2) is 29.2 Å². The monoisotopic (exact) mass is 588 g/mol. The standard InChI is InChI=1S/C29H40N4O5S2/c1-4-15-31(16-5-2)29(36)26-24-14-19-32(21(3)34)20-25(24)39-28(26)30-27(35)22-10-12-23(13-11-22)40(37,38)33-17-8-6-7-9-18-33/h10-13H,4-9,14-20H2,1-3H3,(H,30,35). The first-order valence-corrected chi connectivity index (χ1v) is 16.5. The molecule has 1 aromatic carbocycles. The molecule has 0 radical (unpaired) electrons.